The van der Waals surface area contributed by atoms with Crippen molar-refractivity contribution in [3.05, 3.63) is 27.6 Å². The van der Waals surface area contributed by atoms with Gasteiger partial charge in [-0.25, -0.2) is 9.78 Å². The molecule has 0 atom stereocenters. The van der Waals surface area contributed by atoms with E-state index in [1.165, 1.54) is 18.9 Å². The molecule has 7 nitrogen and oxygen atoms in total. The quantitative estimate of drug-likeness (QED) is 0.796. The van der Waals surface area contributed by atoms with E-state index < -0.39 is 5.97 Å². The van der Waals surface area contributed by atoms with Gasteiger partial charge in [0.25, 0.3) is 0 Å². The Morgan fingerprint density at radius 1 is 1.30 bits per heavy atom. The second kappa shape index (κ2) is 7.60. The van der Waals surface area contributed by atoms with Crippen LogP contribution in [0.3, 0.4) is 0 Å². The van der Waals surface area contributed by atoms with Gasteiger partial charge in [0.15, 0.2) is 5.13 Å². The van der Waals surface area contributed by atoms with E-state index in [1.807, 2.05) is 13.8 Å². The zero-order valence-corrected chi connectivity index (χ0v) is 14.9. The molecule has 124 valence electrons. The number of esters is 1. The Bertz CT molecular complexity index is 704. The van der Waals surface area contributed by atoms with Crippen molar-refractivity contribution in [3.63, 3.8) is 0 Å². The van der Waals surface area contributed by atoms with Crippen molar-refractivity contribution in [2.45, 2.75) is 26.5 Å². The molecule has 0 fully saturated rings. The van der Waals surface area contributed by atoms with E-state index in [1.54, 1.807) is 6.92 Å². The van der Waals surface area contributed by atoms with Gasteiger partial charge in [0.1, 0.15) is 10.6 Å². The third-order valence-electron chi connectivity index (χ3n) is 3.07. The Labute approximate surface area is 141 Å². The lowest BCUT2D eigenvalue weighted by molar-refractivity contribution is -0.113. The van der Waals surface area contributed by atoms with Crippen LogP contribution in [-0.2, 0) is 15.3 Å². The maximum absolute atomic E-state index is 12.0. The predicted molar refractivity (Wildman–Crippen MR) is 89.0 cm³/mol. The first-order chi connectivity index (χ1) is 10.9. The topological polar surface area (TPSA) is 94.3 Å². The summed E-state index contributed by atoms with van der Waals surface area (Å²) in [5.74, 6) is 1.07. The highest BCUT2D eigenvalue weighted by Crippen LogP contribution is 2.24. The van der Waals surface area contributed by atoms with Gasteiger partial charge in [-0.1, -0.05) is 16.5 Å². The van der Waals surface area contributed by atoms with Crippen molar-refractivity contribution in [1.82, 2.24) is 10.1 Å². The van der Waals surface area contributed by atoms with Crippen LogP contribution in [0, 0.1) is 20.8 Å². The SMILES string of the molecule is COC(=O)c1sc(NC(=O)CSCc2c(C)noc2C)nc1C. The van der Waals surface area contributed by atoms with Crippen molar-refractivity contribution < 1.29 is 18.8 Å². The number of aromatic nitrogens is 2. The number of carbonyl (C=O) groups excluding carboxylic acids is 2. The molecule has 23 heavy (non-hydrogen) atoms. The van der Waals surface area contributed by atoms with Crippen molar-refractivity contribution >= 4 is 40.1 Å². The van der Waals surface area contributed by atoms with Crippen LogP contribution < -0.4 is 5.32 Å². The predicted octanol–water partition coefficient (Wildman–Crippen LogP) is 2.71. The van der Waals surface area contributed by atoms with E-state index in [4.69, 9.17) is 4.52 Å². The zero-order valence-electron chi connectivity index (χ0n) is 13.3. The molecule has 0 aliphatic rings. The molecule has 2 aromatic rings. The van der Waals surface area contributed by atoms with E-state index in [9.17, 15) is 9.59 Å². The van der Waals surface area contributed by atoms with Gasteiger partial charge in [-0.05, 0) is 20.8 Å². The number of rotatable bonds is 6. The molecule has 0 spiro atoms. The summed E-state index contributed by atoms with van der Waals surface area (Å²) < 4.78 is 9.75. The minimum atomic E-state index is -0.451. The summed E-state index contributed by atoms with van der Waals surface area (Å²) in [6, 6.07) is 0. The number of aryl methyl sites for hydroxylation is 3. The van der Waals surface area contributed by atoms with Gasteiger partial charge in [-0.3, -0.25) is 4.79 Å². The highest BCUT2D eigenvalue weighted by Gasteiger charge is 2.17. The monoisotopic (exact) mass is 355 g/mol. The first-order valence-electron chi connectivity index (χ1n) is 6.77. The third kappa shape index (κ3) is 4.32. The fourth-order valence-corrected chi connectivity index (χ4v) is 3.72. The fraction of sp³-hybridized carbons (Fsp3) is 0.429. The summed E-state index contributed by atoms with van der Waals surface area (Å²) in [5.41, 5.74) is 2.40. The molecule has 0 saturated carbocycles. The number of hydrogen-bond donors (Lipinski definition) is 1. The van der Waals surface area contributed by atoms with Gasteiger partial charge < -0.3 is 14.6 Å². The number of ether oxygens (including phenoxy) is 1. The molecule has 1 N–H and O–H groups in total. The number of methoxy groups -OCH3 is 1. The van der Waals surface area contributed by atoms with E-state index in [2.05, 4.69) is 20.2 Å². The van der Waals surface area contributed by atoms with E-state index in [0.29, 0.717) is 21.5 Å². The first kappa shape index (κ1) is 17.5. The number of nitrogens with one attached hydrogen (secondary N) is 1. The molecule has 1 amide bonds. The number of amides is 1. The summed E-state index contributed by atoms with van der Waals surface area (Å²) in [5, 5.41) is 6.96. The van der Waals surface area contributed by atoms with Crippen molar-refractivity contribution in [1.29, 1.82) is 0 Å². The molecule has 0 aliphatic heterocycles. The van der Waals surface area contributed by atoms with Crippen LogP contribution in [-0.4, -0.2) is 34.9 Å². The van der Waals surface area contributed by atoms with Crippen LogP contribution in [0.15, 0.2) is 4.52 Å². The standard InChI is InChI=1S/C14H17N3O4S2/c1-7-10(9(3)21-17-7)5-22-6-11(18)16-14-15-8(2)12(23-14)13(19)20-4/h5-6H2,1-4H3,(H,15,16,18). The molecule has 2 heterocycles. The lowest BCUT2D eigenvalue weighted by atomic mass is 10.2. The maximum atomic E-state index is 12.0. The number of hydrogen-bond acceptors (Lipinski definition) is 8. The summed E-state index contributed by atoms with van der Waals surface area (Å²) in [6.07, 6.45) is 0. The molecule has 0 saturated heterocycles. The van der Waals surface area contributed by atoms with Crippen LogP contribution in [0.1, 0.15) is 32.4 Å². The highest BCUT2D eigenvalue weighted by atomic mass is 32.2. The Kier molecular flexibility index (Phi) is 5.78. The zero-order chi connectivity index (χ0) is 17.0. The number of nitrogens with zero attached hydrogens (tertiary/aromatic N) is 2. The average Bonchev–Trinajstić information content (AvgIpc) is 3.02. The number of anilines is 1. The molecule has 0 aromatic carbocycles. The van der Waals surface area contributed by atoms with Crippen LogP contribution in [0.25, 0.3) is 0 Å². The minimum Gasteiger partial charge on any atom is -0.465 e. The van der Waals surface area contributed by atoms with Gasteiger partial charge >= 0.3 is 5.97 Å². The molecule has 0 unspecified atom stereocenters. The van der Waals surface area contributed by atoms with Crippen molar-refractivity contribution in [3.8, 4) is 0 Å². The molecule has 2 aromatic heterocycles. The Hall–Kier alpha value is -1.87. The Balaban J connectivity index is 1.87. The maximum Gasteiger partial charge on any atom is 0.350 e. The summed E-state index contributed by atoms with van der Waals surface area (Å²) in [6.45, 7) is 5.42. The van der Waals surface area contributed by atoms with E-state index in [0.717, 1.165) is 28.4 Å². The van der Waals surface area contributed by atoms with Crippen molar-refractivity contribution in [2.24, 2.45) is 0 Å². The lowest BCUT2D eigenvalue weighted by Gasteiger charge is -2.02. The minimum absolute atomic E-state index is 0.174. The molecule has 0 radical (unpaired) electrons. The molecular weight excluding hydrogens is 338 g/mol. The normalized spacial score (nSPS) is 10.6. The number of thioether (sulfide) groups is 1. The molecule has 2 rings (SSSR count). The molecule has 0 aliphatic carbocycles. The summed E-state index contributed by atoms with van der Waals surface area (Å²) in [4.78, 5) is 28.0. The van der Waals surface area contributed by atoms with Crippen LogP contribution in [0.5, 0.6) is 0 Å². The van der Waals surface area contributed by atoms with Crippen LogP contribution in [0.4, 0.5) is 5.13 Å². The average molecular weight is 355 g/mol. The second-order valence-electron chi connectivity index (χ2n) is 4.77. The third-order valence-corrected chi connectivity index (χ3v) is 5.09. The Morgan fingerprint density at radius 3 is 2.65 bits per heavy atom. The molecular formula is C14H17N3O4S2. The lowest BCUT2D eigenvalue weighted by Crippen LogP contribution is -2.14. The molecule has 0 bridgehead atoms. The highest BCUT2D eigenvalue weighted by molar-refractivity contribution is 7.99. The van der Waals surface area contributed by atoms with Gasteiger partial charge in [-0.2, -0.15) is 0 Å². The Morgan fingerprint density at radius 2 is 2.04 bits per heavy atom. The number of thiazole rings is 1. The van der Waals surface area contributed by atoms with E-state index >= 15 is 0 Å². The van der Waals surface area contributed by atoms with Gasteiger partial charge in [0, 0.05) is 11.3 Å². The molecule has 9 heteroatoms. The smallest absolute Gasteiger partial charge is 0.350 e. The van der Waals surface area contributed by atoms with Crippen LogP contribution in [0.2, 0.25) is 0 Å². The number of carbonyl (C=O) groups is 2. The van der Waals surface area contributed by atoms with Gasteiger partial charge in [0.2, 0.25) is 5.91 Å². The largest absolute Gasteiger partial charge is 0.465 e. The van der Waals surface area contributed by atoms with Gasteiger partial charge in [0.05, 0.1) is 24.3 Å². The van der Waals surface area contributed by atoms with Gasteiger partial charge in [-0.15, -0.1) is 11.8 Å². The first-order valence-corrected chi connectivity index (χ1v) is 8.74. The van der Waals surface area contributed by atoms with Crippen molar-refractivity contribution in [2.75, 3.05) is 18.2 Å². The summed E-state index contributed by atoms with van der Waals surface area (Å²) >= 11 is 2.57. The summed E-state index contributed by atoms with van der Waals surface area (Å²) in [7, 11) is 1.31. The van der Waals surface area contributed by atoms with Crippen LogP contribution >= 0.6 is 23.1 Å². The fourth-order valence-electron chi connectivity index (χ4n) is 1.84. The second-order valence-corrected chi connectivity index (χ2v) is 6.75. The van der Waals surface area contributed by atoms with E-state index in [-0.39, 0.29) is 11.7 Å².